The third-order valence-electron chi connectivity index (χ3n) is 3.18. The van der Waals surface area contributed by atoms with Gasteiger partial charge in [-0.1, -0.05) is 35.3 Å². The lowest BCUT2D eigenvalue weighted by atomic mass is 10.2. The number of halogens is 5. The number of amides is 2. The van der Waals surface area contributed by atoms with Crippen LogP contribution in [0.15, 0.2) is 42.5 Å². The van der Waals surface area contributed by atoms with E-state index in [4.69, 9.17) is 27.9 Å². The molecular formula is C17H13Cl2F3N2O3. The molecule has 0 aliphatic rings. The Balaban J connectivity index is 1.86. The predicted octanol–water partition coefficient (Wildman–Crippen LogP) is 4.19. The number of anilines is 1. The number of rotatable bonds is 6. The molecule has 2 aromatic rings. The molecule has 2 aromatic carbocycles. The van der Waals surface area contributed by atoms with Gasteiger partial charge in [0.25, 0.3) is 5.91 Å². The van der Waals surface area contributed by atoms with Crippen molar-refractivity contribution in [2.24, 2.45) is 0 Å². The van der Waals surface area contributed by atoms with E-state index in [1.165, 1.54) is 30.3 Å². The third-order valence-corrected chi connectivity index (χ3v) is 3.72. The molecule has 144 valence electrons. The average Bonchev–Trinajstić information content (AvgIpc) is 2.58. The van der Waals surface area contributed by atoms with Crippen molar-refractivity contribution >= 4 is 40.7 Å². The van der Waals surface area contributed by atoms with Crippen molar-refractivity contribution in [3.63, 3.8) is 0 Å². The Bertz CT molecular complexity index is 844. The largest absolute Gasteiger partial charge is 0.482 e. The zero-order valence-electron chi connectivity index (χ0n) is 13.6. The van der Waals surface area contributed by atoms with Crippen LogP contribution in [-0.2, 0) is 16.1 Å². The second-order valence-corrected chi connectivity index (χ2v) is 6.14. The molecule has 5 nitrogen and oxygen atoms in total. The molecular weight excluding hydrogens is 408 g/mol. The fraction of sp³-hybridized carbons (Fsp3) is 0.176. The summed E-state index contributed by atoms with van der Waals surface area (Å²) in [7, 11) is 0. The quantitative estimate of drug-likeness (QED) is 0.735. The number of carbonyl (C=O) groups is 2. The Hall–Kier alpha value is -2.45. The Morgan fingerprint density at radius 3 is 2.48 bits per heavy atom. The van der Waals surface area contributed by atoms with Crippen molar-refractivity contribution < 1.29 is 27.5 Å². The van der Waals surface area contributed by atoms with Gasteiger partial charge >= 0.3 is 12.1 Å². The minimum atomic E-state index is -4.98. The first-order chi connectivity index (χ1) is 12.6. The van der Waals surface area contributed by atoms with Gasteiger partial charge in [-0.15, -0.1) is 0 Å². The van der Waals surface area contributed by atoms with E-state index < -0.39 is 18.0 Å². The normalized spacial score (nSPS) is 11.0. The molecule has 0 fully saturated rings. The van der Waals surface area contributed by atoms with E-state index in [-0.39, 0.29) is 29.6 Å². The highest BCUT2D eigenvalue weighted by molar-refractivity contribution is 6.35. The minimum Gasteiger partial charge on any atom is -0.482 e. The maximum atomic E-state index is 12.3. The van der Waals surface area contributed by atoms with E-state index in [0.717, 1.165) is 0 Å². The molecule has 0 aliphatic carbocycles. The lowest BCUT2D eigenvalue weighted by Gasteiger charge is -2.11. The average molecular weight is 421 g/mol. The second-order valence-electron chi connectivity index (χ2n) is 5.29. The van der Waals surface area contributed by atoms with Crippen molar-refractivity contribution in [2.45, 2.75) is 12.7 Å². The summed E-state index contributed by atoms with van der Waals surface area (Å²) in [6, 6.07) is 10.2. The summed E-state index contributed by atoms with van der Waals surface area (Å²) in [5.41, 5.74) is 0.459. The molecule has 0 aliphatic heterocycles. The first-order valence-corrected chi connectivity index (χ1v) is 8.22. The van der Waals surface area contributed by atoms with Gasteiger partial charge in [0.05, 0.1) is 5.02 Å². The molecule has 0 saturated heterocycles. The number of nitrogens with one attached hydrogen (secondary N) is 2. The highest BCUT2D eigenvalue weighted by Gasteiger charge is 2.38. The molecule has 27 heavy (non-hydrogen) atoms. The van der Waals surface area contributed by atoms with Crippen LogP contribution in [0.3, 0.4) is 0 Å². The zero-order chi connectivity index (χ0) is 20.0. The van der Waals surface area contributed by atoms with Crippen LogP contribution < -0.4 is 15.4 Å². The lowest BCUT2D eigenvalue weighted by Crippen LogP contribution is -2.30. The van der Waals surface area contributed by atoms with Gasteiger partial charge in [-0.2, -0.15) is 13.2 Å². The Morgan fingerprint density at radius 2 is 1.81 bits per heavy atom. The van der Waals surface area contributed by atoms with Crippen LogP contribution >= 0.6 is 23.2 Å². The minimum absolute atomic E-state index is 0.0340. The highest BCUT2D eigenvalue weighted by Crippen LogP contribution is 2.27. The van der Waals surface area contributed by atoms with Gasteiger partial charge in [0.15, 0.2) is 6.61 Å². The molecule has 0 saturated carbocycles. The van der Waals surface area contributed by atoms with Crippen molar-refractivity contribution in [1.82, 2.24) is 5.32 Å². The van der Waals surface area contributed by atoms with Gasteiger partial charge in [-0.25, -0.2) is 0 Å². The third kappa shape index (κ3) is 6.65. The van der Waals surface area contributed by atoms with Crippen molar-refractivity contribution in [3.05, 3.63) is 58.1 Å². The summed E-state index contributed by atoms with van der Waals surface area (Å²) < 4.78 is 42.1. The number of carbonyl (C=O) groups excluding carboxylic acids is 2. The van der Waals surface area contributed by atoms with Gasteiger partial charge < -0.3 is 15.4 Å². The van der Waals surface area contributed by atoms with Gasteiger partial charge in [0, 0.05) is 17.3 Å². The van der Waals surface area contributed by atoms with Crippen LogP contribution in [0.5, 0.6) is 5.75 Å². The van der Waals surface area contributed by atoms with E-state index in [1.807, 2.05) is 0 Å². The number of hydrogen-bond acceptors (Lipinski definition) is 3. The van der Waals surface area contributed by atoms with Crippen LogP contribution in [0.4, 0.5) is 18.9 Å². The van der Waals surface area contributed by atoms with Crippen LogP contribution in [0, 0.1) is 0 Å². The fourth-order valence-corrected chi connectivity index (χ4v) is 2.41. The topological polar surface area (TPSA) is 67.4 Å². The number of alkyl halides is 3. The maximum absolute atomic E-state index is 12.3. The monoisotopic (exact) mass is 420 g/mol. The number of ether oxygens (including phenoxy) is 1. The van der Waals surface area contributed by atoms with Crippen molar-refractivity contribution in [2.75, 3.05) is 11.9 Å². The molecule has 0 atom stereocenters. The summed E-state index contributed by atoms with van der Waals surface area (Å²) >= 11 is 11.7. The van der Waals surface area contributed by atoms with Gasteiger partial charge in [0.2, 0.25) is 0 Å². The Kier molecular flexibility index (Phi) is 6.92. The first kappa shape index (κ1) is 20.9. The second kappa shape index (κ2) is 8.96. The number of hydrogen-bond donors (Lipinski definition) is 2. The van der Waals surface area contributed by atoms with E-state index in [0.29, 0.717) is 10.6 Å². The molecule has 2 N–H and O–H groups in total. The van der Waals surface area contributed by atoms with Gasteiger partial charge in [0.1, 0.15) is 5.75 Å². The molecule has 2 rings (SSSR count). The molecule has 0 radical (unpaired) electrons. The Morgan fingerprint density at radius 1 is 1.07 bits per heavy atom. The maximum Gasteiger partial charge on any atom is 0.471 e. The van der Waals surface area contributed by atoms with E-state index in [2.05, 4.69) is 5.32 Å². The predicted molar refractivity (Wildman–Crippen MR) is 94.9 cm³/mol. The molecule has 2 amide bonds. The Labute approximate surface area is 162 Å². The highest BCUT2D eigenvalue weighted by atomic mass is 35.5. The summed E-state index contributed by atoms with van der Waals surface area (Å²) in [4.78, 5) is 22.8. The molecule has 0 bridgehead atoms. The SMILES string of the molecule is O=C(COc1ccc(Cl)cc1Cl)NCc1cccc(NC(=O)C(F)(F)F)c1. The van der Waals surface area contributed by atoms with Crippen molar-refractivity contribution in [1.29, 1.82) is 0 Å². The van der Waals surface area contributed by atoms with Crippen molar-refractivity contribution in [3.8, 4) is 5.75 Å². The van der Waals surface area contributed by atoms with Gasteiger partial charge in [-0.05, 0) is 35.9 Å². The van der Waals surface area contributed by atoms with Crippen LogP contribution in [0.1, 0.15) is 5.56 Å². The summed E-state index contributed by atoms with van der Waals surface area (Å²) in [6.07, 6.45) is -4.98. The zero-order valence-corrected chi connectivity index (χ0v) is 15.1. The summed E-state index contributed by atoms with van der Waals surface area (Å²) in [5, 5.41) is 4.96. The molecule has 10 heteroatoms. The lowest BCUT2D eigenvalue weighted by molar-refractivity contribution is -0.167. The summed E-state index contributed by atoms with van der Waals surface area (Å²) in [6.45, 7) is -0.280. The van der Waals surface area contributed by atoms with Gasteiger partial charge in [-0.3, -0.25) is 9.59 Å². The van der Waals surface area contributed by atoms with Crippen LogP contribution in [-0.4, -0.2) is 24.6 Å². The van der Waals surface area contributed by atoms with Crippen LogP contribution in [0.2, 0.25) is 10.0 Å². The van der Waals surface area contributed by atoms with Crippen LogP contribution in [0.25, 0.3) is 0 Å². The number of benzene rings is 2. The fourth-order valence-electron chi connectivity index (χ4n) is 1.95. The van der Waals surface area contributed by atoms with E-state index in [9.17, 15) is 22.8 Å². The molecule has 0 unspecified atom stereocenters. The van der Waals surface area contributed by atoms with E-state index in [1.54, 1.807) is 17.4 Å². The summed E-state index contributed by atoms with van der Waals surface area (Å²) in [5.74, 6) is -2.25. The standard InChI is InChI=1S/C17H13Cl2F3N2O3/c18-11-4-5-14(13(19)7-11)27-9-15(25)23-8-10-2-1-3-12(6-10)24-16(26)17(20,21)22/h1-7H,8-9H2,(H,23,25)(H,24,26). The molecule has 0 spiro atoms. The molecule has 0 aromatic heterocycles. The smallest absolute Gasteiger partial charge is 0.471 e. The first-order valence-electron chi connectivity index (χ1n) is 7.47. The van der Waals surface area contributed by atoms with E-state index >= 15 is 0 Å². The molecule has 0 heterocycles.